The molecule has 72 valence electrons. The molecule has 1 aromatic heterocycles. The van der Waals surface area contributed by atoms with Crippen molar-refractivity contribution in [3.05, 3.63) is 41.6 Å². The lowest BCUT2D eigenvalue weighted by atomic mass is 10.1. The van der Waals surface area contributed by atoms with E-state index in [9.17, 15) is 0 Å². The van der Waals surface area contributed by atoms with Gasteiger partial charge in [0.15, 0.2) is 5.82 Å². The third-order valence-electron chi connectivity index (χ3n) is 1.99. The smallest absolute Gasteiger partial charge is 0.193 e. The molecule has 0 saturated carbocycles. The van der Waals surface area contributed by atoms with Gasteiger partial charge in [0.2, 0.25) is 0 Å². The summed E-state index contributed by atoms with van der Waals surface area (Å²) in [5.41, 5.74) is 12.8. The maximum atomic E-state index is 5.92. The van der Waals surface area contributed by atoms with Crippen LogP contribution >= 0.6 is 0 Å². The van der Waals surface area contributed by atoms with Crippen molar-refractivity contribution in [3.63, 3.8) is 0 Å². The van der Waals surface area contributed by atoms with E-state index in [0.717, 1.165) is 5.56 Å². The molecule has 1 unspecified atom stereocenters. The van der Waals surface area contributed by atoms with Crippen LogP contribution in [-0.2, 0) is 0 Å². The highest BCUT2D eigenvalue weighted by molar-refractivity contribution is 5.39. The molecule has 1 heterocycles. The second-order valence-electron chi connectivity index (χ2n) is 2.92. The highest BCUT2D eigenvalue weighted by Gasteiger charge is 2.16. The lowest BCUT2D eigenvalue weighted by Crippen LogP contribution is -2.13. The van der Waals surface area contributed by atoms with Gasteiger partial charge in [-0.2, -0.15) is 0 Å². The van der Waals surface area contributed by atoms with Crippen molar-refractivity contribution < 1.29 is 4.63 Å². The molecule has 0 bridgehead atoms. The molecule has 0 radical (unpaired) electrons. The Morgan fingerprint density at radius 2 is 1.86 bits per heavy atom. The topological polar surface area (TPSA) is 91.0 Å². The van der Waals surface area contributed by atoms with Gasteiger partial charge in [-0.3, -0.25) is 0 Å². The van der Waals surface area contributed by atoms with Gasteiger partial charge in [0.1, 0.15) is 5.69 Å². The first kappa shape index (κ1) is 8.71. The van der Waals surface area contributed by atoms with Crippen LogP contribution in [0.4, 0.5) is 5.82 Å². The molecular weight excluding hydrogens is 180 g/mol. The molecule has 0 aliphatic rings. The minimum atomic E-state index is -0.387. The fourth-order valence-electron chi connectivity index (χ4n) is 1.24. The Balaban J connectivity index is 2.34. The van der Waals surface area contributed by atoms with Crippen molar-refractivity contribution in [1.29, 1.82) is 0 Å². The van der Waals surface area contributed by atoms with E-state index in [4.69, 9.17) is 11.5 Å². The van der Waals surface area contributed by atoms with Gasteiger partial charge in [0, 0.05) is 0 Å². The first-order chi connectivity index (χ1) is 6.79. The molecule has 0 fully saturated rings. The van der Waals surface area contributed by atoms with Crippen molar-refractivity contribution in [2.75, 3.05) is 5.73 Å². The maximum Gasteiger partial charge on any atom is 0.193 e. The Morgan fingerprint density at radius 1 is 1.14 bits per heavy atom. The van der Waals surface area contributed by atoms with Gasteiger partial charge in [-0.1, -0.05) is 35.5 Å². The highest BCUT2D eigenvalue weighted by atomic mass is 16.6. The summed E-state index contributed by atoms with van der Waals surface area (Å²) in [6, 6.07) is 9.14. The number of nitrogen functional groups attached to an aromatic ring is 1. The summed E-state index contributed by atoms with van der Waals surface area (Å²) in [5, 5.41) is 7.13. The van der Waals surface area contributed by atoms with Crippen LogP contribution in [0.3, 0.4) is 0 Å². The van der Waals surface area contributed by atoms with E-state index >= 15 is 0 Å². The number of nitrogens with two attached hydrogens (primary N) is 2. The molecule has 0 saturated heterocycles. The minimum absolute atomic E-state index is 0.237. The lowest BCUT2D eigenvalue weighted by molar-refractivity contribution is 0.303. The van der Waals surface area contributed by atoms with Gasteiger partial charge in [0.05, 0.1) is 6.04 Å². The summed E-state index contributed by atoms with van der Waals surface area (Å²) in [7, 11) is 0. The first-order valence-electron chi connectivity index (χ1n) is 4.17. The van der Waals surface area contributed by atoms with Crippen LogP contribution < -0.4 is 11.5 Å². The molecule has 1 atom stereocenters. The fourth-order valence-corrected chi connectivity index (χ4v) is 1.24. The number of benzene rings is 1. The van der Waals surface area contributed by atoms with Crippen LogP contribution in [0.1, 0.15) is 17.3 Å². The zero-order valence-electron chi connectivity index (χ0n) is 7.42. The molecule has 5 heteroatoms. The Hall–Kier alpha value is -1.88. The van der Waals surface area contributed by atoms with E-state index in [1.54, 1.807) is 0 Å². The van der Waals surface area contributed by atoms with Crippen LogP contribution in [-0.4, -0.2) is 10.3 Å². The molecule has 4 N–H and O–H groups in total. The Kier molecular flexibility index (Phi) is 2.16. The van der Waals surface area contributed by atoms with Gasteiger partial charge >= 0.3 is 0 Å². The third-order valence-corrected chi connectivity index (χ3v) is 1.99. The van der Waals surface area contributed by atoms with E-state index in [1.165, 1.54) is 0 Å². The maximum absolute atomic E-state index is 5.92. The SMILES string of the molecule is Nc1nonc1C(N)c1ccccc1. The number of hydrogen-bond donors (Lipinski definition) is 2. The molecule has 0 amide bonds. The van der Waals surface area contributed by atoms with Gasteiger partial charge in [0.25, 0.3) is 0 Å². The molecule has 1 aromatic carbocycles. The third kappa shape index (κ3) is 1.45. The summed E-state index contributed by atoms with van der Waals surface area (Å²) < 4.78 is 4.48. The van der Waals surface area contributed by atoms with Gasteiger partial charge in [-0.05, 0) is 10.7 Å². The number of rotatable bonds is 2. The first-order valence-corrected chi connectivity index (χ1v) is 4.17. The molecule has 0 aliphatic carbocycles. The van der Waals surface area contributed by atoms with E-state index in [0.29, 0.717) is 5.69 Å². The highest BCUT2D eigenvalue weighted by Crippen LogP contribution is 2.20. The largest absolute Gasteiger partial charge is 0.379 e. The Labute approximate surface area is 80.7 Å². The summed E-state index contributed by atoms with van der Waals surface area (Å²) in [6.45, 7) is 0. The summed E-state index contributed by atoms with van der Waals surface area (Å²) in [6.07, 6.45) is 0. The van der Waals surface area contributed by atoms with Gasteiger partial charge in [-0.25, -0.2) is 4.63 Å². The molecule has 0 aliphatic heterocycles. The quantitative estimate of drug-likeness (QED) is 0.727. The van der Waals surface area contributed by atoms with Crippen LogP contribution in [0, 0.1) is 0 Å². The van der Waals surface area contributed by atoms with E-state index in [1.807, 2.05) is 30.3 Å². The van der Waals surface area contributed by atoms with Crippen molar-refractivity contribution in [2.24, 2.45) is 5.73 Å². The average molecular weight is 190 g/mol. The van der Waals surface area contributed by atoms with E-state index < -0.39 is 0 Å². The van der Waals surface area contributed by atoms with Crippen molar-refractivity contribution in [2.45, 2.75) is 6.04 Å². The number of anilines is 1. The number of aromatic nitrogens is 2. The number of hydrogen-bond acceptors (Lipinski definition) is 5. The molecule has 2 rings (SSSR count). The summed E-state index contributed by atoms with van der Waals surface area (Å²) in [4.78, 5) is 0. The van der Waals surface area contributed by atoms with Crippen molar-refractivity contribution in [1.82, 2.24) is 10.3 Å². The fraction of sp³-hybridized carbons (Fsp3) is 0.111. The average Bonchev–Trinajstić information content (AvgIpc) is 2.65. The van der Waals surface area contributed by atoms with Crippen LogP contribution in [0.2, 0.25) is 0 Å². The summed E-state index contributed by atoms with van der Waals surface area (Å²) in [5.74, 6) is 0.237. The van der Waals surface area contributed by atoms with E-state index in [-0.39, 0.29) is 11.9 Å². The van der Waals surface area contributed by atoms with Crippen LogP contribution in [0.15, 0.2) is 35.0 Å². The lowest BCUT2D eigenvalue weighted by Gasteiger charge is -2.07. The standard InChI is InChI=1S/C9H10N4O/c10-7(6-4-2-1-3-5-6)8-9(11)13-14-12-8/h1-5,7H,10H2,(H2,11,13). The van der Waals surface area contributed by atoms with Crippen LogP contribution in [0.25, 0.3) is 0 Å². The van der Waals surface area contributed by atoms with Crippen LogP contribution in [0.5, 0.6) is 0 Å². The van der Waals surface area contributed by atoms with Gasteiger partial charge in [-0.15, -0.1) is 0 Å². The Bertz CT molecular complexity index is 412. The molecule has 14 heavy (non-hydrogen) atoms. The molecule has 5 nitrogen and oxygen atoms in total. The zero-order valence-corrected chi connectivity index (χ0v) is 7.42. The summed E-state index contributed by atoms with van der Waals surface area (Å²) >= 11 is 0. The zero-order chi connectivity index (χ0) is 9.97. The van der Waals surface area contributed by atoms with Gasteiger partial charge < -0.3 is 11.5 Å². The Morgan fingerprint density at radius 3 is 2.43 bits per heavy atom. The monoisotopic (exact) mass is 190 g/mol. The second-order valence-corrected chi connectivity index (χ2v) is 2.92. The predicted molar refractivity (Wildman–Crippen MR) is 51.2 cm³/mol. The van der Waals surface area contributed by atoms with E-state index in [2.05, 4.69) is 14.9 Å². The second kappa shape index (κ2) is 3.47. The number of nitrogens with zero attached hydrogens (tertiary/aromatic N) is 2. The molecule has 0 spiro atoms. The van der Waals surface area contributed by atoms with Crippen molar-refractivity contribution in [3.8, 4) is 0 Å². The normalized spacial score (nSPS) is 12.6. The molecule has 2 aromatic rings. The minimum Gasteiger partial charge on any atom is -0.379 e. The molecular formula is C9H10N4O. The van der Waals surface area contributed by atoms with Crippen molar-refractivity contribution >= 4 is 5.82 Å². The predicted octanol–water partition coefficient (Wildman–Crippen LogP) is 0.700.